The molecule has 8 heteroatoms. The lowest BCUT2D eigenvalue weighted by Crippen LogP contribution is -2.28. The van der Waals surface area contributed by atoms with E-state index in [0.717, 1.165) is 19.1 Å². The maximum Gasteiger partial charge on any atom is 0.453 e. The number of benzene rings is 1. The van der Waals surface area contributed by atoms with Gasteiger partial charge in [-0.3, -0.25) is 9.59 Å². The number of hydrogen-bond donors (Lipinski definition) is 0. The predicted molar refractivity (Wildman–Crippen MR) is 60.7 cm³/mol. The number of alkyl halides is 3. The fraction of sp³-hybridized carbons (Fsp3) is 0.273. The quantitative estimate of drug-likeness (QED) is 0.622. The van der Waals surface area contributed by atoms with Crippen LogP contribution in [0.1, 0.15) is 17.3 Å². The van der Waals surface area contributed by atoms with Crippen LogP contribution >= 0.6 is 15.9 Å². The van der Waals surface area contributed by atoms with Crippen LogP contribution in [0.25, 0.3) is 0 Å². The maximum atomic E-state index is 13.1. The molecule has 0 heterocycles. The van der Waals surface area contributed by atoms with Gasteiger partial charge in [-0.1, -0.05) is 0 Å². The zero-order valence-electron chi connectivity index (χ0n) is 9.48. The average molecular weight is 343 g/mol. The fourth-order valence-electron chi connectivity index (χ4n) is 1.19. The van der Waals surface area contributed by atoms with E-state index in [1.165, 1.54) is 0 Å². The van der Waals surface area contributed by atoms with E-state index >= 15 is 0 Å². The highest BCUT2D eigenvalue weighted by atomic mass is 79.9. The summed E-state index contributed by atoms with van der Waals surface area (Å²) in [4.78, 5) is 21.9. The molecule has 0 radical (unpaired) electrons. The van der Waals surface area contributed by atoms with Crippen LogP contribution in [-0.2, 0) is 4.79 Å². The summed E-state index contributed by atoms with van der Waals surface area (Å²) in [5, 5.41) is 0. The van der Waals surface area contributed by atoms with Crippen molar-refractivity contribution in [1.82, 2.24) is 0 Å². The molecule has 0 spiro atoms. The van der Waals surface area contributed by atoms with E-state index in [0.29, 0.717) is 0 Å². The van der Waals surface area contributed by atoms with Crippen LogP contribution in [0.4, 0.5) is 17.6 Å². The van der Waals surface area contributed by atoms with Crippen LogP contribution in [0.5, 0.6) is 5.75 Å². The lowest BCUT2D eigenvalue weighted by atomic mass is 10.1. The Morgan fingerprint density at radius 2 is 1.89 bits per heavy atom. The van der Waals surface area contributed by atoms with Crippen molar-refractivity contribution in [2.45, 2.75) is 13.1 Å². The molecular formula is C11H7BrF4O3. The molecule has 0 amide bonds. The van der Waals surface area contributed by atoms with Gasteiger partial charge < -0.3 is 4.74 Å². The first-order valence-corrected chi connectivity index (χ1v) is 5.65. The normalized spacial score (nSPS) is 11.3. The first-order chi connectivity index (χ1) is 8.62. The van der Waals surface area contributed by atoms with Gasteiger partial charge in [0, 0.05) is 0 Å². The van der Waals surface area contributed by atoms with Crippen molar-refractivity contribution in [3.63, 3.8) is 0 Å². The Bertz CT molecular complexity index is 525. The van der Waals surface area contributed by atoms with Crippen molar-refractivity contribution in [2.24, 2.45) is 0 Å². The molecule has 104 valence electrons. The van der Waals surface area contributed by atoms with Gasteiger partial charge in [0.15, 0.2) is 12.4 Å². The molecule has 0 atom stereocenters. The number of ether oxygens (including phenoxy) is 1. The minimum absolute atomic E-state index is 0.0484. The van der Waals surface area contributed by atoms with Crippen LogP contribution in [0.15, 0.2) is 16.6 Å². The number of carbonyl (C=O) groups is 2. The third kappa shape index (κ3) is 4.02. The number of halogens is 5. The van der Waals surface area contributed by atoms with E-state index in [-0.39, 0.29) is 15.8 Å². The van der Waals surface area contributed by atoms with Crippen molar-refractivity contribution < 1.29 is 31.9 Å². The third-order valence-corrected chi connectivity index (χ3v) is 2.64. The second-order valence-electron chi connectivity index (χ2n) is 3.53. The summed E-state index contributed by atoms with van der Waals surface area (Å²) in [7, 11) is 0. The largest absolute Gasteiger partial charge is 0.483 e. The minimum atomic E-state index is -5.02. The van der Waals surface area contributed by atoms with Gasteiger partial charge in [-0.15, -0.1) is 0 Å². The number of Topliss-reactive ketones (excluding diaryl/α,β-unsaturated/α-hetero) is 2. The van der Waals surface area contributed by atoms with Gasteiger partial charge in [-0.25, -0.2) is 4.39 Å². The van der Waals surface area contributed by atoms with Crippen LogP contribution in [0.2, 0.25) is 0 Å². The van der Waals surface area contributed by atoms with E-state index < -0.39 is 30.2 Å². The number of hydrogen-bond acceptors (Lipinski definition) is 3. The molecule has 0 unspecified atom stereocenters. The van der Waals surface area contributed by atoms with Crippen LogP contribution in [-0.4, -0.2) is 24.3 Å². The summed E-state index contributed by atoms with van der Waals surface area (Å²) < 4.78 is 53.7. The van der Waals surface area contributed by atoms with Crippen LogP contribution in [0, 0.1) is 5.82 Å². The molecule has 0 N–H and O–H groups in total. The number of rotatable bonds is 4. The molecule has 0 aliphatic carbocycles. The van der Waals surface area contributed by atoms with Gasteiger partial charge >= 0.3 is 6.18 Å². The Kier molecular flexibility index (Phi) is 4.67. The summed E-state index contributed by atoms with van der Waals surface area (Å²) in [6.45, 7) is -0.187. The van der Waals surface area contributed by atoms with E-state index in [4.69, 9.17) is 0 Å². The molecule has 1 rings (SSSR count). The van der Waals surface area contributed by atoms with Crippen LogP contribution < -0.4 is 4.74 Å². The Balaban J connectivity index is 3.01. The summed E-state index contributed by atoms with van der Waals surface area (Å²) in [6.07, 6.45) is -5.02. The van der Waals surface area contributed by atoms with Gasteiger partial charge in [0.2, 0.25) is 0 Å². The molecule has 0 saturated heterocycles. The minimum Gasteiger partial charge on any atom is -0.483 e. The topological polar surface area (TPSA) is 43.4 Å². The second-order valence-corrected chi connectivity index (χ2v) is 4.38. The molecule has 1 aromatic carbocycles. The maximum absolute atomic E-state index is 13.1. The highest BCUT2D eigenvalue weighted by Gasteiger charge is 2.38. The summed E-state index contributed by atoms with van der Waals surface area (Å²) in [5.41, 5.74) is -0.248. The Morgan fingerprint density at radius 3 is 2.37 bits per heavy atom. The van der Waals surface area contributed by atoms with Crippen molar-refractivity contribution in [3.8, 4) is 5.75 Å². The van der Waals surface area contributed by atoms with Crippen molar-refractivity contribution in [1.29, 1.82) is 0 Å². The van der Waals surface area contributed by atoms with Gasteiger partial charge in [-0.2, -0.15) is 13.2 Å². The highest BCUT2D eigenvalue weighted by molar-refractivity contribution is 9.10. The van der Waals surface area contributed by atoms with E-state index in [9.17, 15) is 27.2 Å². The highest BCUT2D eigenvalue weighted by Crippen LogP contribution is 2.31. The van der Waals surface area contributed by atoms with Crippen molar-refractivity contribution >= 4 is 27.5 Å². The van der Waals surface area contributed by atoms with E-state index in [2.05, 4.69) is 20.7 Å². The Hall–Kier alpha value is -1.44. The molecule has 3 nitrogen and oxygen atoms in total. The summed E-state index contributed by atoms with van der Waals surface area (Å²) >= 11 is 2.86. The SMILES string of the molecule is CC(=O)c1cc(F)cc(Br)c1OCC(=O)C(F)(F)F. The second kappa shape index (κ2) is 5.68. The molecule has 0 saturated carbocycles. The number of ketones is 2. The fourth-order valence-corrected chi connectivity index (χ4v) is 1.73. The molecule has 0 bridgehead atoms. The smallest absolute Gasteiger partial charge is 0.453 e. The summed E-state index contributed by atoms with van der Waals surface area (Å²) in [6, 6.07) is 1.74. The molecule has 0 aliphatic rings. The molecule has 0 fully saturated rings. The zero-order valence-corrected chi connectivity index (χ0v) is 11.1. The van der Waals surface area contributed by atoms with E-state index in [1.54, 1.807) is 0 Å². The molecule has 1 aromatic rings. The molecule has 19 heavy (non-hydrogen) atoms. The number of carbonyl (C=O) groups excluding carboxylic acids is 2. The van der Waals surface area contributed by atoms with Gasteiger partial charge in [0.05, 0.1) is 10.0 Å². The van der Waals surface area contributed by atoms with Gasteiger partial charge in [0.1, 0.15) is 11.6 Å². The van der Waals surface area contributed by atoms with Gasteiger partial charge in [0.25, 0.3) is 5.78 Å². The standard InChI is InChI=1S/C11H7BrF4O3/c1-5(17)7-2-6(13)3-8(12)10(7)19-4-9(18)11(14,15)16/h2-3H,4H2,1H3. The van der Waals surface area contributed by atoms with Crippen molar-refractivity contribution in [3.05, 3.63) is 28.0 Å². The van der Waals surface area contributed by atoms with Crippen molar-refractivity contribution in [2.75, 3.05) is 6.61 Å². The Labute approximate surface area is 113 Å². The van der Waals surface area contributed by atoms with Gasteiger partial charge in [-0.05, 0) is 35.0 Å². The molecule has 0 aromatic heterocycles. The summed E-state index contributed by atoms with van der Waals surface area (Å²) in [5.74, 6) is -3.76. The molecule has 0 aliphatic heterocycles. The lowest BCUT2D eigenvalue weighted by molar-refractivity contribution is -0.173. The van der Waals surface area contributed by atoms with E-state index in [1.807, 2.05) is 0 Å². The molecular weight excluding hydrogens is 336 g/mol. The van der Waals surface area contributed by atoms with Crippen LogP contribution in [0.3, 0.4) is 0 Å². The lowest BCUT2D eigenvalue weighted by Gasteiger charge is -2.12. The average Bonchev–Trinajstić information content (AvgIpc) is 2.24. The third-order valence-electron chi connectivity index (χ3n) is 2.05. The zero-order chi connectivity index (χ0) is 14.8. The monoisotopic (exact) mass is 342 g/mol. The first-order valence-electron chi connectivity index (χ1n) is 4.85. The predicted octanol–water partition coefficient (Wildman–Crippen LogP) is 3.30. The Morgan fingerprint density at radius 1 is 1.32 bits per heavy atom. The first kappa shape index (κ1) is 15.6.